The number of hydrogen-bond donors (Lipinski definition) is 2. The molecular formula is C4H8ClN5. The smallest absolute Gasteiger partial charge is 0.318 e. The average Bonchev–Trinajstić information content (AvgIpc) is 1.59. The first-order chi connectivity index (χ1) is 4.18. The second-order valence-electron chi connectivity index (χ2n) is 1.67. The molecule has 0 fully saturated rings. The van der Waals surface area contributed by atoms with Gasteiger partial charge in [-0.15, -0.1) is 9.97 Å². The van der Waals surface area contributed by atoms with Gasteiger partial charge in [-0.2, -0.15) is 0 Å². The summed E-state index contributed by atoms with van der Waals surface area (Å²) in [5.74, 6) is 1.16. The molecule has 0 saturated heterocycles. The van der Waals surface area contributed by atoms with Gasteiger partial charge in [0.05, 0.1) is 0 Å². The molecule has 56 valence electrons. The highest BCUT2D eigenvalue weighted by molar-refractivity contribution is 5.13. The molecule has 10 heavy (non-hydrogen) atoms. The van der Waals surface area contributed by atoms with Crippen LogP contribution in [0, 0.1) is 6.92 Å². The molecule has 6 heteroatoms. The van der Waals surface area contributed by atoms with Crippen LogP contribution >= 0.6 is 0 Å². The number of nitrogens with one attached hydrogen (secondary N) is 1. The maximum Gasteiger partial charge on any atom is 0.318 e. The van der Waals surface area contributed by atoms with Crippen LogP contribution in [0.5, 0.6) is 0 Å². The molecule has 0 aromatic carbocycles. The minimum Gasteiger partial charge on any atom is -1.00 e. The highest BCUT2D eigenvalue weighted by Gasteiger charge is 2.00. The molecule has 5 nitrogen and oxygen atoms in total. The number of nitrogens with two attached hydrogens (primary N) is 2. The molecule has 1 heterocycles. The van der Waals surface area contributed by atoms with Gasteiger partial charge in [-0.05, 0) is 0 Å². The summed E-state index contributed by atoms with van der Waals surface area (Å²) in [6.45, 7) is 1.72. The summed E-state index contributed by atoms with van der Waals surface area (Å²) in [5, 5.41) is 0. The van der Waals surface area contributed by atoms with Crippen molar-refractivity contribution in [1.82, 2.24) is 9.97 Å². The third kappa shape index (κ3) is 2.02. The third-order valence-electron chi connectivity index (χ3n) is 0.821. The minimum atomic E-state index is 0. The number of aromatic amines is 1. The first-order valence-electron chi connectivity index (χ1n) is 2.47. The Labute approximate surface area is 64.3 Å². The summed E-state index contributed by atoms with van der Waals surface area (Å²) in [5.41, 5.74) is 10.5. The van der Waals surface area contributed by atoms with Crippen LogP contribution < -0.4 is 28.9 Å². The van der Waals surface area contributed by atoms with Crippen LogP contribution in [0.15, 0.2) is 0 Å². The number of rotatable bonds is 0. The maximum absolute atomic E-state index is 5.27. The molecule has 0 atom stereocenters. The van der Waals surface area contributed by atoms with Crippen molar-refractivity contribution < 1.29 is 17.4 Å². The van der Waals surface area contributed by atoms with Gasteiger partial charge in [-0.25, -0.2) is 4.98 Å². The Hall–Kier alpha value is -1.10. The number of aryl methyl sites for hydroxylation is 1. The Kier molecular flexibility index (Phi) is 2.82. The van der Waals surface area contributed by atoms with E-state index in [0.717, 1.165) is 0 Å². The van der Waals surface area contributed by atoms with Gasteiger partial charge < -0.3 is 23.9 Å². The number of H-pyrrole nitrogens is 1. The Bertz CT molecular complexity index is 174. The summed E-state index contributed by atoms with van der Waals surface area (Å²) in [6.07, 6.45) is 0. The number of anilines is 2. The number of nitrogen functional groups attached to an aromatic ring is 2. The highest BCUT2D eigenvalue weighted by atomic mass is 35.5. The molecule has 0 aliphatic heterocycles. The Morgan fingerprint density at radius 3 is 1.90 bits per heavy atom. The summed E-state index contributed by atoms with van der Waals surface area (Å²) < 4.78 is 0. The SMILES string of the molecule is Cc1nc(N)[nH+]c(N)n1.[Cl-]. The van der Waals surface area contributed by atoms with E-state index in [1.807, 2.05) is 0 Å². The van der Waals surface area contributed by atoms with Crippen molar-refractivity contribution in [3.05, 3.63) is 5.82 Å². The van der Waals surface area contributed by atoms with Crippen molar-refractivity contribution in [1.29, 1.82) is 0 Å². The number of aromatic nitrogens is 3. The van der Waals surface area contributed by atoms with Crippen molar-refractivity contribution in [3.63, 3.8) is 0 Å². The van der Waals surface area contributed by atoms with Crippen LogP contribution in [0.2, 0.25) is 0 Å². The Morgan fingerprint density at radius 2 is 1.60 bits per heavy atom. The zero-order chi connectivity index (χ0) is 6.85. The van der Waals surface area contributed by atoms with Crippen molar-refractivity contribution in [2.24, 2.45) is 0 Å². The lowest BCUT2D eigenvalue weighted by Gasteiger charge is -1.87. The van der Waals surface area contributed by atoms with E-state index in [4.69, 9.17) is 11.5 Å². The van der Waals surface area contributed by atoms with Gasteiger partial charge in [-0.3, -0.25) is 0 Å². The fourth-order valence-electron chi connectivity index (χ4n) is 0.561. The average molecular weight is 162 g/mol. The van der Waals surface area contributed by atoms with E-state index in [1.54, 1.807) is 6.92 Å². The van der Waals surface area contributed by atoms with E-state index in [9.17, 15) is 0 Å². The first kappa shape index (κ1) is 8.90. The lowest BCUT2D eigenvalue weighted by Crippen LogP contribution is -3.00. The van der Waals surface area contributed by atoms with Crippen molar-refractivity contribution in [2.45, 2.75) is 6.92 Å². The fraction of sp³-hybridized carbons (Fsp3) is 0.250. The van der Waals surface area contributed by atoms with Gasteiger partial charge in [0, 0.05) is 6.92 Å². The van der Waals surface area contributed by atoms with Crippen LogP contribution in [0.4, 0.5) is 11.9 Å². The topological polar surface area (TPSA) is 92.0 Å². The van der Waals surface area contributed by atoms with Crippen LogP contribution in [-0.2, 0) is 0 Å². The zero-order valence-electron chi connectivity index (χ0n) is 5.43. The lowest BCUT2D eigenvalue weighted by atomic mass is 10.7. The molecule has 0 unspecified atom stereocenters. The van der Waals surface area contributed by atoms with Gasteiger partial charge in [0.15, 0.2) is 0 Å². The molecule has 0 aliphatic rings. The van der Waals surface area contributed by atoms with Crippen LogP contribution in [0.25, 0.3) is 0 Å². The summed E-state index contributed by atoms with van der Waals surface area (Å²) in [4.78, 5) is 10.1. The molecule has 5 N–H and O–H groups in total. The zero-order valence-corrected chi connectivity index (χ0v) is 6.18. The van der Waals surface area contributed by atoms with E-state index < -0.39 is 0 Å². The van der Waals surface area contributed by atoms with E-state index in [2.05, 4.69) is 15.0 Å². The number of nitrogens with zero attached hydrogens (tertiary/aromatic N) is 2. The molecule has 1 aromatic rings. The molecule has 0 amide bonds. The third-order valence-corrected chi connectivity index (χ3v) is 0.821. The highest BCUT2D eigenvalue weighted by Crippen LogP contribution is 1.88. The Balaban J connectivity index is 0.000000810. The molecule has 0 radical (unpaired) electrons. The molecule has 0 aliphatic carbocycles. The van der Waals surface area contributed by atoms with Gasteiger partial charge in [-0.1, -0.05) is 0 Å². The normalized spacial score (nSPS) is 8.50. The monoisotopic (exact) mass is 161 g/mol. The maximum atomic E-state index is 5.27. The van der Waals surface area contributed by atoms with Crippen LogP contribution in [0.3, 0.4) is 0 Å². The first-order valence-corrected chi connectivity index (χ1v) is 2.47. The molecule has 0 spiro atoms. The number of hydrogen-bond acceptors (Lipinski definition) is 4. The fourth-order valence-corrected chi connectivity index (χ4v) is 0.561. The largest absolute Gasteiger partial charge is 1.00 e. The van der Waals surface area contributed by atoms with Gasteiger partial charge >= 0.3 is 11.9 Å². The predicted octanol–water partition coefficient (Wildman–Crippen LogP) is -4.23. The minimum absolute atomic E-state index is 0. The molecule has 1 aromatic heterocycles. The molecular weight excluding hydrogens is 154 g/mol. The van der Waals surface area contributed by atoms with E-state index in [1.165, 1.54) is 0 Å². The summed E-state index contributed by atoms with van der Waals surface area (Å²) in [7, 11) is 0. The standard InChI is InChI=1S/C4H7N5.ClH/c1-2-7-3(5)9-4(6)8-2;/h1H3,(H4,5,6,7,8,9);1H. The lowest BCUT2D eigenvalue weighted by molar-refractivity contribution is -0.351. The summed E-state index contributed by atoms with van der Waals surface area (Å²) in [6, 6.07) is 0. The van der Waals surface area contributed by atoms with Gasteiger partial charge in [0.1, 0.15) is 0 Å². The van der Waals surface area contributed by atoms with E-state index in [-0.39, 0.29) is 12.4 Å². The van der Waals surface area contributed by atoms with Gasteiger partial charge in [0.25, 0.3) is 0 Å². The van der Waals surface area contributed by atoms with Crippen molar-refractivity contribution >= 4 is 11.9 Å². The van der Waals surface area contributed by atoms with Crippen molar-refractivity contribution in [3.8, 4) is 0 Å². The van der Waals surface area contributed by atoms with Crippen molar-refractivity contribution in [2.75, 3.05) is 11.5 Å². The second-order valence-corrected chi connectivity index (χ2v) is 1.67. The molecule has 0 bridgehead atoms. The quantitative estimate of drug-likeness (QED) is 0.403. The van der Waals surface area contributed by atoms with Gasteiger partial charge in [0.2, 0.25) is 5.82 Å². The van der Waals surface area contributed by atoms with Crippen LogP contribution in [-0.4, -0.2) is 9.97 Å². The molecule has 0 saturated carbocycles. The van der Waals surface area contributed by atoms with Crippen LogP contribution in [0.1, 0.15) is 5.82 Å². The van der Waals surface area contributed by atoms with E-state index >= 15 is 0 Å². The Morgan fingerprint density at radius 1 is 1.20 bits per heavy atom. The van der Waals surface area contributed by atoms with E-state index in [0.29, 0.717) is 17.7 Å². The number of halogens is 1. The molecule has 1 rings (SSSR count). The predicted molar refractivity (Wildman–Crippen MR) is 32.1 cm³/mol. The summed E-state index contributed by atoms with van der Waals surface area (Å²) >= 11 is 0. The second kappa shape index (κ2) is 3.17.